The molecule has 1 heterocycles. The van der Waals surface area contributed by atoms with Crippen LogP contribution in [0.1, 0.15) is 17.0 Å². The summed E-state index contributed by atoms with van der Waals surface area (Å²) < 4.78 is 18.1. The van der Waals surface area contributed by atoms with Crippen molar-refractivity contribution in [3.8, 4) is 17.2 Å². The third-order valence-electron chi connectivity index (χ3n) is 3.78. The molecule has 2 rings (SSSR count). The van der Waals surface area contributed by atoms with Gasteiger partial charge in [-0.15, -0.1) is 5.10 Å². The lowest BCUT2D eigenvalue weighted by Crippen LogP contribution is -2.20. The molecule has 0 saturated heterocycles. The number of hydrogen-bond donors (Lipinski definition) is 0. The minimum absolute atomic E-state index is 0.610. The summed E-state index contributed by atoms with van der Waals surface area (Å²) in [5, 5.41) is 8.12. The third-order valence-corrected chi connectivity index (χ3v) is 3.78. The normalized spacial score (nSPS) is 10.9. The molecule has 0 aliphatic heterocycles. The van der Waals surface area contributed by atoms with Gasteiger partial charge in [0.05, 0.1) is 32.7 Å². The molecule has 1 aromatic carbocycles. The Labute approximate surface area is 136 Å². The van der Waals surface area contributed by atoms with Gasteiger partial charge in [-0.2, -0.15) is 0 Å². The Morgan fingerprint density at radius 1 is 1.04 bits per heavy atom. The maximum atomic E-state index is 5.53. The Bertz CT molecular complexity index is 650. The number of hydrogen-bond acceptors (Lipinski definition) is 6. The van der Waals surface area contributed by atoms with Crippen LogP contribution in [0.25, 0.3) is 0 Å². The van der Waals surface area contributed by atoms with Crippen LogP contribution in [-0.2, 0) is 20.1 Å². The summed E-state index contributed by atoms with van der Waals surface area (Å²) in [6.07, 6.45) is 0. The van der Waals surface area contributed by atoms with E-state index in [9.17, 15) is 0 Å². The molecule has 0 fully saturated rings. The minimum Gasteiger partial charge on any atom is -0.493 e. The molecule has 0 aliphatic rings. The highest BCUT2D eigenvalue weighted by molar-refractivity contribution is 5.55. The molecule has 0 atom stereocenters. The van der Waals surface area contributed by atoms with Gasteiger partial charge in [0.1, 0.15) is 0 Å². The van der Waals surface area contributed by atoms with Gasteiger partial charge in [-0.1, -0.05) is 11.3 Å². The quantitative estimate of drug-likeness (QED) is 0.775. The van der Waals surface area contributed by atoms with Crippen LogP contribution in [0.2, 0.25) is 0 Å². The van der Waals surface area contributed by atoms with Gasteiger partial charge in [0, 0.05) is 25.7 Å². The first-order valence-corrected chi connectivity index (χ1v) is 7.33. The van der Waals surface area contributed by atoms with Crippen LogP contribution in [0.4, 0.5) is 0 Å². The summed E-state index contributed by atoms with van der Waals surface area (Å²) in [6, 6.07) is 3.88. The highest BCUT2D eigenvalue weighted by Gasteiger charge is 2.17. The van der Waals surface area contributed by atoms with Gasteiger partial charge in [-0.3, -0.25) is 9.58 Å². The van der Waals surface area contributed by atoms with E-state index >= 15 is 0 Å². The third kappa shape index (κ3) is 3.56. The fourth-order valence-electron chi connectivity index (χ4n) is 2.59. The van der Waals surface area contributed by atoms with Crippen LogP contribution >= 0.6 is 0 Å². The van der Waals surface area contributed by atoms with Crippen molar-refractivity contribution in [1.29, 1.82) is 0 Å². The molecule has 0 unspecified atom stereocenters. The monoisotopic (exact) mass is 320 g/mol. The van der Waals surface area contributed by atoms with E-state index in [-0.39, 0.29) is 0 Å². The van der Waals surface area contributed by atoms with Crippen LogP contribution in [0.15, 0.2) is 12.1 Å². The zero-order valence-electron chi connectivity index (χ0n) is 14.6. The van der Waals surface area contributed by atoms with Crippen LogP contribution in [-0.4, -0.2) is 48.3 Å². The Hall–Kier alpha value is -2.28. The molecule has 7 nitrogen and oxygen atoms in total. The van der Waals surface area contributed by atoms with Crippen molar-refractivity contribution >= 4 is 0 Å². The van der Waals surface area contributed by atoms with Crippen molar-refractivity contribution in [2.75, 3.05) is 28.4 Å². The number of aromatic nitrogens is 3. The van der Waals surface area contributed by atoms with Crippen LogP contribution in [0, 0.1) is 6.92 Å². The van der Waals surface area contributed by atoms with Gasteiger partial charge in [0.2, 0.25) is 5.75 Å². The standard InChI is InChI=1S/C16H24N4O3/c1-11-13(20(3)18-17-11)10-19(2)9-12-7-8-14(21-4)16(23-6)15(12)22-5/h7-8H,9-10H2,1-6H3. The fourth-order valence-corrected chi connectivity index (χ4v) is 2.59. The molecule has 23 heavy (non-hydrogen) atoms. The lowest BCUT2D eigenvalue weighted by Gasteiger charge is -2.20. The van der Waals surface area contributed by atoms with Crippen molar-refractivity contribution in [2.24, 2.45) is 7.05 Å². The summed E-state index contributed by atoms with van der Waals surface area (Å²) in [4.78, 5) is 2.18. The Kier molecular flexibility index (Phi) is 5.44. The molecular formula is C16H24N4O3. The van der Waals surface area contributed by atoms with Gasteiger partial charge in [-0.05, 0) is 20.0 Å². The van der Waals surface area contributed by atoms with Crippen molar-refractivity contribution in [3.63, 3.8) is 0 Å². The highest BCUT2D eigenvalue weighted by Crippen LogP contribution is 2.40. The SMILES string of the molecule is COc1ccc(CN(C)Cc2c(C)nnn2C)c(OC)c1OC. The van der Waals surface area contributed by atoms with E-state index in [1.165, 1.54) is 0 Å². The van der Waals surface area contributed by atoms with Crippen LogP contribution < -0.4 is 14.2 Å². The van der Waals surface area contributed by atoms with Gasteiger partial charge in [0.25, 0.3) is 0 Å². The predicted octanol–water partition coefficient (Wildman–Crippen LogP) is 1.78. The molecule has 0 radical (unpaired) electrons. The molecule has 0 saturated carbocycles. The maximum Gasteiger partial charge on any atom is 0.203 e. The van der Waals surface area contributed by atoms with Crippen molar-refractivity contribution in [3.05, 3.63) is 29.1 Å². The Balaban J connectivity index is 2.22. The first kappa shape index (κ1) is 17.1. The second kappa shape index (κ2) is 7.32. The molecule has 0 amide bonds. The van der Waals surface area contributed by atoms with E-state index in [1.54, 1.807) is 26.0 Å². The zero-order valence-corrected chi connectivity index (χ0v) is 14.6. The first-order chi connectivity index (χ1) is 11.0. The van der Waals surface area contributed by atoms with Gasteiger partial charge in [-0.25, -0.2) is 0 Å². The highest BCUT2D eigenvalue weighted by atomic mass is 16.5. The number of aryl methyl sites for hydroxylation is 2. The first-order valence-electron chi connectivity index (χ1n) is 7.33. The summed E-state index contributed by atoms with van der Waals surface area (Å²) >= 11 is 0. The van der Waals surface area contributed by atoms with Gasteiger partial charge < -0.3 is 14.2 Å². The molecule has 7 heteroatoms. The van der Waals surface area contributed by atoms with Crippen LogP contribution in [0.3, 0.4) is 0 Å². The number of benzene rings is 1. The van der Waals surface area contributed by atoms with Gasteiger partial charge in [0.15, 0.2) is 11.5 Å². The molecule has 0 bridgehead atoms. The van der Waals surface area contributed by atoms with Crippen molar-refractivity contribution < 1.29 is 14.2 Å². The molecular weight excluding hydrogens is 296 g/mol. The Morgan fingerprint density at radius 3 is 2.26 bits per heavy atom. The molecule has 126 valence electrons. The number of nitrogens with zero attached hydrogens (tertiary/aromatic N) is 4. The van der Waals surface area contributed by atoms with E-state index in [0.29, 0.717) is 23.8 Å². The zero-order chi connectivity index (χ0) is 17.0. The van der Waals surface area contributed by atoms with E-state index in [2.05, 4.69) is 15.2 Å². The smallest absolute Gasteiger partial charge is 0.203 e. The minimum atomic E-state index is 0.610. The maximum absolute atomic E-state index is 5.53. The molecule has 1 aromatic heterocycles. The van der Waals surface area contributed by atoms with E-state index < -0.39 is 0 Å². The fraction of sp³-hybridized carbons (Fsp3) is 0.500. The average molecular weight is 320 g/mol. The molecule has 0 aliphatic carbocycles. The average Bonchev–Trinajstić information content (AvgIpc) is 2.86. The molecule has 0 spiro atoms. The summed E-state index contributed by atoms with van der Waals surface area (Å²) in [5.74, 6) is 1.96. The van der Waals surface area contributed by atoms with Crippen molar-refractivity contribution in [2.45, 2.75) is 20.0 Å². The second-order valence-corrected chi connectivity index (χ2v) is 5.41. The lowest BCUT2D eigenvalue weighted by molar-refractivity contribution is 0.291. The van der Waals surface area contributed by atoms with Gasteiger partial charge >= 0.3 is 0 Å². The lowest BCUT2D eigenvalue weighted by atomic mass is 10.1. The summed E-state index contributed by atoms with van der Waals surface area (Å²) in [5.41, 5.74) is 3.06. The van der Waals surface area contributed by atoms with E-state index in [4.69, 9.17) is 14.2 Å². The number of ether oxygens (including phenoxy) is 3. The Morgan fingerprint density at radius 2 is 1.74 bits per heavy atom. The summed E-state index contributed by atoms with van der Waals surface area (Å²) in [7, 11) is 8.80. The topological polar surface area (TPSA) is 61.6 Å². The molecule has 2 aromatic rings. The van der Waals surface area contributed by atoms with E-state index in [0.717, 1.165) is 23.5 Å². The molecule has 0 N–H and O–H groups in total. The predicted molar refractivity (Wildman–Crippen MR) is 87.0 cm³/mol. The summed E-state index contributed by atoms with van der Waals surface area (Å²) in [6.45, 7) is 3.41. The van der Waals surface area contributed by atoms with Crippen molar-refractivity contribution in [1.82, 2.24) is 19.9 Å². The van der Waals surface area contributed by atoms with Crippen LogP contribution in [0.5, 0.6) is 17.2 Å². The second-order valence-electron chi connectivity index (χ2n) is 5.41. The largest absolute Gasteiger partial charge is 0.493 e. The number of methoxy groups -OCH3 is 3. The van der Waals surface area contributed by atoms with E-state index in [1.807, 2.05) is 33.2 Å². The number of rotatable bonds is 7.